The summed E-state index contributed by atoms with van der Waals surface area (Å²) in [4.78, 5) is 16.9. The molecule has 6 heteroatoms. The van der Waals surface area contributed by atoms with Crippen LogP contribution >= 0.6 is 0 Å². The Hall–Kier alpha value is -2.24. The molecular weight excluding hydrogens is 284 g/mol. The molecule has 0 bridgehead atoms. The summed E-state index contributed by atoms with van der Waals surface area (Å²) in [6, 6.07) is 5.61. The Morgan fingerprint density at radius 3 is 2.82 bits per heavy atom. The smallest absolute Gasteiger partial charge is 0.257 e. The van der Waals surface area contributed by atoms with Gasteiger partial charge in [-0.1, -0.05) is 5.16 Å². The van der Waals surface area contributed by atoms with E-state index < -0.39 is 0 Å². The van der Waals surface area contributed by atoms with Crippen LogP contribution in [0, 0.1) is 0 Å². The molecule has 1 amide bonds. The first kappa shape index (κ1) is 14.7. The molecule has 0 aromatic heterocycles. The number of nitrogens with one attached hydrogen (secondary N) is 1. The summed E-state index contributed by atoms with van der Waals surface area (Å²) in [5.74, 6) is 0.925. The molecule has 1 saturated carbocycles. The minimum absolute atomic E-state index is 0.0524. The van der Waals surface area contributed by atoms with Crippen LogP contribution in [0.3, 0.4) is 0 Å². The van der Waals surface area contributed by atoms with E-state index in [1.807, 2.05) is 18.2 Å². The third kappa shape index (κ3) is 2.73. The van der Waals surface area contributed by atoms with E-state index in [1.165, 1.54) is 6.42 Å². The van der Waals surface area contributed by atoms with Crippen LogP contribution in [0.1, 0.15) is 31.2 Å². The van der Waals surface area contributed by atoms with E-state index in [9.17, 15) is 4.79 Å². The maximum Gasteiger partial charge on any atom is 0.257 e. The van der Waals surface area contributed by atoms with Crippen molar-refractivity contribution in [1.29, 1.82) is 0 Å². The lowest BCUT2D eigenvalue weighted by atomic mass is 9.76. The molecule has 1 fully saturated rings. The predicted molar refractivity (Wildman–Crippen MR) is 81.4 cm³/mol. The molecule has 1 aromatic carbocycles. The first-order valence-corrected chi connectivity index (χ1v) is 7.43. The van der Waals surface area contributed by atoms with Gasteiger partial charge in [0.1, 0.15) is 5.60 Å². The average Bonchev–Trinajstić information content (AvgIpc) is 2.98. The van der Waals surface area contributed by atoms with E-state index in [4.69, 9.17) is 14.3 Å². The summed E-state index contributed by atoms with van der Waals surface area (Å²) in [6.07, 6.45) is 4.16. The van der Waals surface area contributed by atoms with Crippen LogP contribution in [-0.4, -0.2) is 38.0 Å². The molecule has 1 spiro atoms. The van der Waals surface area contributed by atoms with Crippen molar-refractivity contribution in [3.8, 4) is 11.5 Å². The van der Waals surface area contributed by atoms with Gasteiger partial charge in [-0.25, -0.2) is 0 Å². The third-order valence-electron chi connectivity index (χ3n) is 4.24. The molecule has 118 valence electrons. The summed E-state index contributed by atoms with van der Waals surface area (Å²) in [6.45, 7) is -0.0524. The highest BCUT2D eigenvalue weighted by atomic mass is 16.7. The molecule has 1 aromatic rings. The van der Waals surface area contributed by atoms with Crippen molar-refractivity contribution < 1.29 is 19.1 Å². The quantitative estimate of drug-likeness (QED) is 0.901. The van der Waals surface area contributed by atoms with Crippen molar-refractivity contribution in [3.63, 3.8) is 0 Å². The number of ether oxygens (including phenoxy) is 2. The highest BCUT2D eigenvalue weighted by Crippen LogP contribution is 2.43. The molecule has 6 nitrogen and oxygen atoms in total. The lowest BCUT2D eigenvalue weighted by molar-refractivity contribution is -0.122. The Labute approximate surface area is 129 Å². The Morgan fingerprint density at radius 1 is 1.41 bits per heavy atom. The van der Waals surface area contributed by atoms with Gasteiger partial charge in [0.25, 0.3) is 5.91 Å². The van der Waals surface area contributed by atoms with Gasteiger partial charge in [0.05, 0.1) is 12.8 Å². The number of hydrogen-bond acceptors (Lipinski definition) is 5. The maximum atomic E-state index is 11.3. The second-order valence-electron chi connectivity index (χ2n) is 5.67. The van der Waals surface area contributed by atoms with Crippen molar-refractivity contribution in [2.24, 2.45) is 5.16 Å². The largest absolute Gasteiger partial charge is 0.493 e. The SMILES string of the molecule is CNC(=O)COc1cc(C2=NOC3(CCC3)C2)ccc1OC. The number of likely N-dealkylation sites (N-methyl/N-ethyl adjacent to an activating group) is 1. The molecule has 0 unspecified atom stereocenters. The number of nitrogens with zero attached hydrogens (tertiary/aromatic N) is 1. The number of oxime groups is 1. The lowest BCUT2D eigenvalue weighted by Gasteiger charge is -2.34. The summed E-state index contributed by atoms with van der Waals surface area (Å²) < 4.78 is 10.8. The zero-order valence-corrected chi connectivity index (χ0v) is 12.8. The topological polar surface area (TPSA) is 69.2 Å². The molecular formula is C16H20N2O4. The average molecular weight is 304 g/mol. The van der Waals surface area contributed by atoms with Gasteiger partial charge in [-0.15, -0.1) is 0 Å². The number of carbonyl (C=O) groups excluding carboxylic acids is 1. The van der Waals surface area contributed by atoms with E-state index in [2.05, 4.69) is 10.5 Å². The van der Waals surface area contributed by atoms with Crippen molar-refractivity contribution >= 4 is 11.6 Å². The Bertz CT molecular complexity index is 608. The first-order chi connectivity index (χ1) is 10.7. The van der Waals surface area contributed by atoms with Crippen LogP contribution in [-0.2, 0) is 9.63 Å². The summed E-state index contributed by atoms with van der Waals surface area (Å²) in [5.41, 5.74) is 1.79. The van der Waals surface area contributed by atoms with Crippen molar-refractivity contribution in [3.05, 3.63) is 23.8 Å². The van der Waals surface area contributed by atoms with Gasteiger partial charge < -0.3 is 19.6 Å². The number of benzene rings is 1. The van der Waals surface area contributed by atoms with E-state index in [1.54, 1.807) is 14.2 Å². The summed E-state index contributed by atoms with van der Waals surface area (Å²) in [5, 5.41) is 6.75. The van der Waals surface area contributed by atoms with Gasteiger partial charge in [-0.2, -0.15) is 0 Å². The first-order valence-electron chi connectivity index (χ1n) is 7.43. The van der Waals surface area contributed by atoms with E-state index >= 15 is 0 Å². The number of hydrogen-bond donors (Lipinski definition) is 1. The van der Waals surface area contributed by atoms with Gasteiger partial charge in [0.15, 0.2) is 18.1 Å². The highest BCUT2D eigenvalue weighted by Gasteiger charge is 2.44. The van der Waals surface area contributed by atoms with Gasteiger partial charge in [0, 0.05) is 19.0 Å². The van der Waals surface area contributed by atoms with Crippen molar-refractivity contribution in [2.75, 3.05) is 20.8 Å². The van der Waals surface area contributed by atoms with Crippen molar-refractivity contribution in [1.82, 2.24) is 5.32 Å². The number of amides is 1. The van der Waals surface area contributed by atoms with Gasteiger partial charge >= 0.3 is 0 Å². The van der Waals surface area contributed by atoms with Crippen LogP contribution in [0.25, 0.3) is 0 Å². The Morgan fingerprint density at radius 2 is 2.23 bits per heavy atom. The number of methoxy groups -OCH3 is 1. The second kappa shape index (κ2) is 5.87. The Balaban J connectivity index is 1.76. The molecule has 0 radical (unpaired) electrons. The fraction of sp³-hybridized carbons (Fsp3) is 0.500. The highest BCUT2D eigenvalue weighted by molar-refractivity contribution is 6.02. The summed E-state index contributed by atoms with van der Waals surface area (Å²) in [7, 11) is 3.14. The molecule has 0 atom stereocenters. The molecule has 3 rings (SSSR count). The fourth-order valence-electron chi connectivity index (χ4n) is 2.70. The fourth-order valence-corrected chi connectivity index (χ4v) is 2.70. The third-order valence-corrected chi connectivity index (χ3v) is 4.24. The Kier molecular flexibility index (Phi) is 3.92. The second-order valence-corrected chi connectivity index (χ2v) is 5.67. The zero-order valence-electron chi connectivity index (χ0n) is 12.8. The number of rotatable bonds is 5. The molecule has 1 aliphatic carbocycles. The van der Waals surface area contributed by atoms with Crippen molar-refractivity contribution in [2.45, 2.75) is 31.3 Å². The minimum Gasteiger partial charge on any atom is -0.493 e. The van der Waals surface area contributed by atoms with Gasteiger partial charge in [-0.05, 0) is 37.5 Å². The number of carbonyl (C=O) groups is 1. The van der Waals surface area contributed by atoms with Gasteiger partial charge in [-0.3, -0.25) is 4.79 Å². The van der Waals surface area contributed by atoms with Crippen LogP contribution in [0.4, 0.5) is 0 Å². The minimum atomic E-state index is -0.192. The van der Waals surface area contributed by atoms with E-state index in [0.29, 0.717) is 11.5 Å². The predicted octanol–water partition coefficient (Wildman–Crippen LogP) is 1.87. The molecule has 0 saturated heterocycles. The van der Waals surface area contributed by atoms with Gasteiger partial charge in [0.2, 0.25) is 0 Å². The molecule has 1 heterocycles. The zero-order chi connectivity index (χ0) is 15.6. The van der Waals surface area contributed by atoms with Crippen LogP contribution < -0.4 is 14.8 Å². The van der Waals surface area contributed by atoms with Crippen LogP contribution in [0.2, 0.25) is 0 Å². The summed E-state index contributed by atoms with van der Waals surface area (Å²) >= 11 is 0. The molecule has 1 N–H and O–H groups in total. The van der Waals surface area contributed by atoms with E-state index in [-0.39, 0.29) is 18.1 Å². The lowest BCUT2D eigenvalue weighted by Crippen LogP contribution is -2.36. The molecule has 1 aliphatic heterocycles. The molecule has 22 heavy (non-hydrogen) atoms. The molecule has 2 aliphatic rings. The monoisotopic (exact) mass is 304 g/mol. The maximum absolute atomic E-state index is 11.3. The standard InChI is InChI=1S/C16H20N2O4/c1-17-15(19)10-21-14-8-11(4-5-13(14)20-2)12-9-16(22-18-12)6-3-7-16/h4-5,8H,3,6-7,9-10H2,1-2H3,(H,17,19). The van der Waals surface area contributed by atoms with E-state index in [0.717, 1.165) is 30.5 Å². The normalized spacial score (nSPS) is 18.2. The van der Waals surface area contributed by atoms with Crippen LogP contribution in [0.15, 0.2) is 23.4 Å². The van der Waals surface area contributed by atoms with Crippen LogP contribution in [0.5, 0.6) is 11.5 Å².